The first kappa shape index (κ1) is 18.9. The van der Waals surface area contributed by atoms with Crippen LogP contribution in [0.2, 0.25) is 0 Å². The second kappa shape index (κ2) is 6.88. The Balaban J connectivity index is 1.53. The van der Waals surface area contributed by atoms with Crippen molar-refractivity contribution in [3.8, 4) is 5.75 Å². The molecule has 1 aromatic carbocycles. The van der Waals surface area contributed by atoms with Gasteiger partial charge in [0.05, 0.1) is 0 Å². The number of ether oxygens (including phenoxy) is 2. The number of benzene rings is 1. The van der Waals surface area contributed by atoms with Gasteiger partial charge in [0.1, 0.15) is 11.4 Å². The summed E-state index contributed by atoms with van der Waals surface area (Å²) < 4.78 is 12.3. The number of nitrogens with two attached hydrogens (primary N) is 1. The molecule has 1 saturated carbocycles. The lowest BCUT2D eigenvalue weighted by Gasteiger charge is -2.20. The number of hydrogen-bond donors (Lipinski definition) is 2. The molecule has 2 aromatic rings. The van der Waals surface area contributed by atoms with Gasteiger partial charge in [0.25, 0.3) is 0 Å². The number of nitrogens with zero attached hydrogens (tertiary/aromatic N) is 3. The van der Waals surface area contributed by atoms with Crippen LogP contribution in [0.3, 0.4) is 0 Å². The van der Waals surface area contributed by atoms with E-state index in [1.165, 1.54) is 12.8 Å². The molecule has 2 fully saturated rings. The Bertz CT molecular complexity index is 861. The Morgan fingerprint density at radius 3 is 2.46 bits per heavy atom. The standard InChI is InChI=1S/C21H29N5O2/c1-5-16(27-15-11-13(2)10-14(3)12-15)23-19-25-17(24-18(22)26-19)20(4)21(28-20)8-6-7-9-21/h10-12,16H,5-9H2,1-4H3,(H3,22,23,24,25,26). The SMILES string of the molecule is CCC(Nc1nc(N)nc(C2(C)OC23CCCC3)n1)Oc1cc(C)cc(C)c1. The summed E-state index contributed by atoms with van der Waals surface area (Å²) in [5.41, 5.74) is 7.70. The minimum Gasteiger partial charge on any atom is -0.471 e. The molecule has 2 aliphatic rings. The first-order valence-corrected chi connectivity index (χ1v) is 10.1. The van der Waals surface area contributed by atoms with Gasteiger partial charge >= 0.3 is 0 Å². The Morgan fingerprint density at radius 2 is 1.82 bits per heavy atom. The molecule has 2 unspecified atom stereocenters. The molecule has 0 amide bonds. The van der Waals surface area contributed by atoms with Gasteiger partial charge in [-0.25, -0.2) is 0 Å². The molecule has 0 radical (unpaired) electrons. The highest BCUT2D eigenvalue weighted by molar-refractivity contribution is 5.37. The normalized spacial score (nSPS) is 23.6. The molecule has 3 N–H and O–H groups in total. The third kappa shape index (κ3) is 3.39. The van der Waals surface area contributed by atoms with E-state index in [1.54, 1.807) is 0 Å². The van der Waals surface area contributed by atoms with Gasteiger partial charge in [-0.15, -0.1) is 0 Å². The Kier molecular flexibility index (Phi) is 4.65. The summed E-state index contributed by atoms with van der Waals surface area (Å²) in [6, 6.07) is 6.16. The van der Waals surface area contributed by atoms with Gasteiger partial charge in [-0.2, -0.15) is 15.0 Å². The zero-order chi connectivity index (χ0) is 19.9. The summed E-state index contributed by atoms with van der Waals surface area (Å²) >= 11 is 0. The van der Waals surface area contributed by atoms with Crippen LogP contribution in [0, 0.1) is 13.8 Å². The quantitative estimate of drug-likeness (QED) is 0.577. The van der Waals surface area contributed by atoms with E-state index in [0.29, 0.717) is 11.8 Å². The fourth-order valence-corrected chi connectivity index (χ4v) is 4.33. The van der Waals surface area contributed by atoms with Crippen LogP contribution in [0.25, 0.3) is 0 Å². The number of aromatic nitrogens is 3. The lowest BCUT2D eigenvalue weighted by molar-refractivity contribution is 0.224. The predicted octanol–water partition coefficient (Wildman–Crippen LogP) is 3.86. The van der Waals surface area contributed by atoms with Crippen molar-refractivity contribution < 1.29 is 9.47 Å². The number of nitrogen functional groups attached to an aromatic ring is 1. The second-order valence-electron chi connectivity index (χ2n) is 8.16. The molecule has 1 aliphatic heterocycles. The number of nitrogens with one attached hydrogen (secondary N) is 1. The zero-order valence-electron chi connectivity index (χ0n) is 17.1. The molecule has 1 aromatic heterocycles. The van der Waals surface area contributed by atoms with Gasteiger partial charge in [0, 0.05) is 6.42 Å². The van der Waals surface area contributed by atoms with E-state index in [1.807, 2.05) is 19.1 Å². The molecular formula is C21H29N5O2. The Labute approximate surface area is 166 Å². The summed E-state index contributed by atoms with van der Waals surface area (Å²) in [6.45, 7) is 8.22. The highest BCUT2D eigenvalue weighted by Gasteiger charge is 2.70. The van der Waals surface area contributed by atoms with Crippen molar-refractivity contribution in [1.82, 2.24) is 15.0 Å². The van der Waals surface area contributed by atoms with Crippen LogP contribution in [0.1, 0.15) is 62.9 Å². The third-order valence-corrected chi connectivity index (χ3v) is 5.85. The van der Waals surface area contributed by atoms with Gasteiger partial charge in [0.15, 0.2) is 17.7 Å². The monoisotopic (exact) mass is 383 g/mol. The molecule has 28 heavy (non-hydrogen) atoms. The maximum absolute atomic E-state index is 6.13. The summed E-state index contributed by atoms with van der Waals surface area (Å²) in [5, 5.41) is 3.26. The topological polar surface area (TPSA) is 98.5 Å². The van der Waals surface area contributed by atoms with Gasteiger partial charge < -0.3 is 20.5 Å². The van der Waals surface area contributed by atoms with Crippen LogP contribution >= 0.6 is 0 Å². The molecule has 150 valence electrons. The largest absolute Gasteiger partial charge is 0.471 e. The molecule has 2 heterocycles. The fraction of sp³-hybridized carbons (Fsp3) is 0.571. The van der Waals surface area contributed by atoms with Crippen molar-refractivity contribution in [2.24, 2.45) is 0 Å². The molecule has 2 atom stereocenters. The van der Waals surface area contributed by atoms with Gasteiger partial charge in [0.2, 0.25) is 11.9 Å². The number of hydrogen-bond acceptors (Lipinski definition) is 7. The Morgan fingerprint density at radius 1 is 1.14 bits per heavy atom. The van der Waals surface area contributed by atoms with E-state index in [4.69, 9.17) is 15.2 Å². The van der Waals surface area contributed by atoms with E-state index in [9.17, 15) is 0 Å². The van der Waals surface area contributed by atoms with Crippen LogP contribution in [0.15, 0.2) is 18.2 Å². The molecule has 1 saturated heterocycles. The van der Waals surface area contributed by atoms with Crippen LogP contribution in [0.5, 0.6) is 5.75 Å². The number of aryl methyl sites for hydroxylation is 2. The minimum absolute atomic E-state index is 0.127. The highest BCUT2D eigenvalue weighted by Crippen LogP contribution is 2.62. The summed E-state index contributed by atoms with van der Waals surface area (Å²) in [4.78, 5) is 13.3. The lowest BCUT2D eigenvalue weighted by Crippen LogP contribution is -2.28. The lowest BCUT2D eigenvalue weighted by atomic mass is 9.92. The van der Waals surface area contributed by atoms with Crippen molar-refractivity contribution in [2.45, 2.75) is 77.2 Å². The predicted molar refractivity (Wildman–Crippen MR) is 108 cm³/mol. The summed E-state index contributed by atoms with van der Waals surface area (Å²) in [7, 11) is 0. The average Bonchev–Trinajstić information content (AvgIpc) is 2.96. The van der Waals surface area contributed by atoms with Crippen LogP contribution in [0.4, 0.5) is 11.9 Å². The first-order valence-electron chi connectivity index (χ1n) is 10.1. The minimum atomic E-state index is -0.479. The second-order valence-corrected chi connectivity index (χ2v) is 8.16. The maximum atomic E-state index is 6.13. The van der Waals surface area contributed by atoms with Crippen molar-refractivity contribution in [3.63, 3.8) is 0 Å². The summed E-state index contributed by atoms with van der Waals surface area (Å²) in [5.74, 6) is 2.04. The fourth-order valence-electron chi connectivity index (χ4n) is 4.33. The smallest absolute Gasteiger partial charge is 0.230 e. The molecule has 7 heteroatoms. The van der Waals surface area contributed by atoms with Crippen molar-refractivity contribution >= 4 is 11.9 Å². The Hall–Kier alpha value is -2.41. The van der Waals surface area contributed by atoms with E-state index in [0.717, 1.165) is 36.1 Å². The molecule has 0 bridgehead atoms. The van der Waals surface area contributed by atoms with Crippen LogP contribution in [-0.2, 0) is 10.3 Å². The van der Waals surface area contributed by atoms with Crippen molar-refractivity contribution in [1.29, 1.82) is 0 Å². The van der Waals surface area contributed by atoms with Crippen molar-refractivity contribution in [2.75, 3.05) is 11.1 Å². The molecular weight excluding hydrogens is 354 g/mol. The van der Waals surface area contributed by atoms with E-state index < -0.39 is 5.60 Å². The van der Waals surface area contributed by atoms with Crippen LogP contribution in [-0.4, -0.2) is 26.8 Å². The highest BCUT2D eigenvalue weighted by atomic mass is 16.6. The van der Waals surface area contributed by atoms with E-state index >= 15 is 0 Å². The number of epoxide rings is 1. The van der Waals surface area contributed by atoms with E-state index in [-0.39, 0.29) is 17.8 Å². The van der Waals surface area contributed by atoms with Crippen LogP contribution < -0.4 is 15.8 Å². The van der Waals surface area contributed by atoms with E-state index in [2.05, 4.69) is 47.1 Å². The van der Waals surface area contributed by atoms with Gasteiger partial charge in [-0.1, -0.05) is 25.8 Å². The number of anilines is 2. The average molecular weight is 383 g/mol. The summed E-state index contributed by atoms with van der Waals surface area (Å²) in [6.07, 6.45) is 4.93. The molecule has 1 aliphatic carbocycles. The third-order valence-electron chi connectivity index (χ3n) is 5.85. The first-order chi connectivity index (χ1) is 13.3. The maximum Gasteiger partial charge on any atom is 0.230 e. The van der Waals surface area contributed by atoms with Gasteiger partial charge in [-0.05, 0) is 56.9 Å². The zero-order valence-corrected chi connectivity index (χ0v) is 17.1. The number of rotatable bonds is 6. The molecule has 7 nitrogen and oxygen atoms in total. The van der Waals surface area contributed by atoms with Crippen molar-refractivity contribution in [3.05, 3.63) is 35.2 Å². The van der Waals surface area contributed by atoms with Gasteiger partial charge in [-0.3, -0.25) is 0 Å². The molecule has 1 spiro atoms. The molecule has 4 rings (SSSR count).